The van der Waals surface area contributed by atoms with Gasteiger partial charge in [-0.2, -0.15) is 0 Å². The molecule has 0 aliphatic heterocycles. The van der Waals surface area contributed by atoms with Crippen molar-refractivity contribution in [1.29, 1.82) is 0 Å². The number of halogens is 5. The van der Waals surface area contributed by atoms with Crippen LogP contribution in [0.15, 0.2) is 109 Å². The maximum atomic E-state index is 14.2. The molecule has 5 rings (SSSR count). The van der Waals surface area contributed by atoms with Crippen molar-refractivity contribution in [2.45, 2.75) is 140 Å². The molecule has 5 aromatic carbocycles. The normalized spacial score (nSPS) is 10.6. The number of esters is 2. The Labute approximate surface area is 525 Å². The number of aliphatic hydroxyl groups is 2. The molecular weight excluding hydrogens is 1190 g/mol. The molecule has 4 N–H and O–H groups in total. The highest BCUT2D eigenvalue weighted by Crippen LogP contribution is 2.22. The number of hydrogen-bond acceptors (Lipinski definition) is 18. The predicted octanol–water partition coefficient (Wildman–Crippen LogP) is 13.5. The zero-order valence-electron chi connectivity index (χ0n) is 52.1. The van der Waals surface area contributed by atoms with E-state index in [1.54, 1.807) is 138 Å². The van der Waals surface area contributed by atoms with Gasteiger partial charge in [0.15, 0.2) is 23.1 Å². The number of aliphatic hydroxyl groups excluding tert-OH is 2. The molecule has 90 heavy (non-hydrogen) atoms. The molecule has 0 saturated carbocycles. The standard InChI is InChI=1S/C22H25F2NO5.C14H20FNO3.C10H18O5.C9H12FNO.C8H7FO3.2CH4/c1-22(2,3)30-21(27)25(14-16-7-5-6-8-17(16)23)11-12-29-19-10-9-15(13-18(19)24)20(26)28-4;1-14(2,3)19-13(18)16(8-9-17)10-11-6-4-5-7-12(11)15;1-9(2,3)14-7(11)13-8(12)15-10(4,5)6;10-9-4-2-1-3-8(9)7-11-5-6-12;1-12-8(11)5-2-3-7(10)6(9)4-5;;/h5-10,13H,11-12,14H2,1-4H3;4-7,17H,8-10H2,1-3H3;1-6H3;1-4,11-12H,5-7H2;2-4,10H,1H3;2*1H4. The second-order valence-electron chi connectivity index (χ2n) is 22.4. The van der Waals surface area contributed by atoms with Gasteiger partial charge in [-0.25, -0.2) is 50.7 Å². The number of aromatic hydroxyl groups is 1. The first-order valence-corrected chi connectivity index (χ1v) is 27.2. The van der Waals surface area contributed by atoms with E-state index in [0.29, 0.717) is 29.8 Å². The topological polar surface area (TPSA) is 255 Å². The van der Waals surface area contributed by atoms with Crippen LogP contribution in [0.4, 0.5) is 41.1 Å². The minimum absolute atomic E-state index is 0. The molecule has 5 aromatic rings. The van der Waals surface area contributed by atoms with Crippen LogP contribution >= 0.6 is 0 Å². The lowest BCUT2D eigenvalue weighted by Gasteiger charge is -2.27. The summed E-state index contributed by atoms with van der Waals surface area (Å²) in [6, 6.07) is 25.9. The molecule has 0 unspecified atom stereocenters. The summed E-state index contributed by atoms with van der Waals surface area (Å²) in [5.74, 6) is -4.47. The third kappa shape index (κ3) is 36.1. The second-order valence-corrected chi connectivity index (χ2v) is 22.4. The lowest BCUT2D eigenvalue weighted by molar-refractivity contribution is -0.0295. The maximum absolute atomic E-state index is 14.2. The Hall–Kier alpha value is -8.55. The molecule has 0 fully saturated rings. The van der Waals surface area contributed by atoms with Gasteiger partial charge < -0.3 is 68.3 Å². The van der Waals surface area contributed by atoms with Crippen molar-refractivity contribution >= 4 is 36.4 Å². The van der Waals surface area contributed by atoms with Crippen molar-refractivity contribution in [3.05, 3.63) is 166 Å². The molecule has 0 bridgehead atoms. The number of nitrogens with zero attached hydrogens (tertiary/aromatic N) is 2. The van der Waals surface area contributed by atoms with Crippen LogP contribution < -0.4 is 10.1 Å². The van der Waals surface area contributed by atoms with E-state index in [1.807, 2.05) is 0 Å². The second kappa shape index (κ2) is 40.9. The van der Waals surface area contributed by atoms with Crippen molar-refractivity contribution in [3.63, 3.8) is 0 Å². The van der Waals surface area contributed by atoms with Crippen molar-refractivity contribution in [1.82, 2.24) is 15.1 Å². The number of carbonyl (C=O) groups excluding carboxylic acids is 6. The van der Waals surface area contributed by atoms with E-state index in [4.69, 9.17) is 39.0 Å². The first-order valence-electron chi connectivity index (χ1n) is 27.2. The summed E-state index contributed by atoms with van der Waals surface area (Å²) in [7, 11) is 2.40. The summed E-state index contributed by atoms with van der Waals surface area (Å²) in [4.78, 5) is 71.3. The van der Waals surface area contributed by atoms with Crippen molar-refractivity contribution in [3.8, 4) is 11.5 Å². The van der Waals surface area contributed by atoms with E-state index < -0.39 is 82.0 Å². The third-order valence-corrected chi connectivity index (χ3v) is 10.2. The van der Waals surface area contributed by atoms with Gasteiger partial charge in [-0.1, -0.05) is 69.5 Å². The summed E-state index contributed by atoms with van der Waals surface area (Å²) in [5.41, 5.74) is -1.28. The Balaban J connectivity index is 0. The minimum Gasteiger partial charge on any atom is -0.505 e. The first kappa shape index (κ1) is 83.5. The molecule has 0 atom stereocenters. The van der Waals surface area contributed by atoms with E-state index in [2.05, 4.69) is 19.5 Å². The average molecular weight is 1280 g/mol. The van der Waals surface area contributed by atoms with Gasteiger partial charge in [0.25, 0.3) is 0 Å². The van der Waals surface area contributed by atoms with Crippen molar-refractivity contribution in [2.75, 3.05) is 53.7 Å². The van der Waals surface area contributed by atoms with E-state index in [1.165, 1.54) is 60.4 Å². The van der Waals surface area contributed by atoms with Gasteiger partial charge in [-0.15, -0.1) is 0 Å². The lowest BCUT2D eigenvalue weighted by Crippen LogP contribution is -2.38. The molecule has 502 valence electrons. The number of ether oxygens (including phenoxy) is 8. The summed E-state index contributed by atoms with van der Waals surface area (Å²) < 4.78 is 106. The van der Waals surface area contributed by atoms with E-state index in [-0.39, 0.29) is 89.4 Å². The molecule has 25 heteroatoms. The summed E-state index contributed by atoms with van der Waals surface area (Å²) >= 11 is 0. The van der Waals surface area contributed by atoms with Gasteiger partial charge >= 0.3 is 36.4 Å². The lowest BCUT2D eigenvalue weighted by atomic mass is 10.2. The Morgan fingerprint density at radius 1 is 0.478 bits per heavy atom. The number of phenols is 1. The van der Waals surface area contributed by atoms with Gasteiger partial charge in [-0.3, -0.25) is 0 Å². The quantitative estimate of drug-likeness (QED) is 0.0235. The number of amides is 2. The van der Waals surface area contributed by atoms with E-state index in [9.17, 15) is 50.7 Å². The SMILES string of the molecule is C.C.CC(C)(C)OC(=O)N(CCO)Cc1ccccc1F.CC(C)(C)OC(=O)OC(=O)OC(C)(C)C.COC(=O)c1ccc(O)c(F)c1.COC(=O)c1ccc(OCCN(Cc2ccccc2F)C(=O)OC(C)(C)C)c(F)c1.OCCNCc1ccccc1F. The molecule has 0 heterocycles. The van der Waals surface area contributed by atoms with Crippen LogP contribution in [0.3, 0.4) is 0 Å². The summed E-state index contributed by atoms with van der Waals surface area (Å²) in [6.45, 7) is 21.4. The van der Waals surface area contributed by atoms with Gasteiger partial charge in [-0.05, 0) is 138 Å². The monoisotopic (exact) mass is 1280 g/mol. The van der Waals surface area contributed by atoms with Crippen molar-refractivity contribution in [2.24, 2.45) is 0 Å². The van der Waals surface area contributed by atoms with Crippen LogP contribution in [0.1, 0.15) is 135 Å². The molecule has 0 saturated heterocycles. The molecule has 0 aliphatic rings. The van der Waals surface area contributed by atoms with E-state index in [0.717, 1.165) is 18.2 Å². The van der Waals surface area contributed by atoms with Crippen molar-refractivity contribution < 1.29 is 104 Å². The zero-order valence-corrected chi connectivity index (χ0v) is 52.1. The summed E-state index contributed by atoms with van der Waals surface area (Å²) in [5, 5.41) is 29.1. The van der Waals surface area contributed by atoms with Crippen LogP contribution in [-0.2, 0) is 52.8 Å². The fourth-order valence-corrected chi connectivity index (χ4v) is 6.34. The number of nitrogens with one attached hydrogen (secondary N) is 1. The molecular formula is C65H90F5N3O17. The zero-order chi connectivity index (χ0) is 67.0. The predicted molar refractivity (Wildman–Crippen MR) is 328 cm³/mol. The Bertz CT molecular complexity index is 2970. The Morgan fingerprint density at radius 2 is 0.856 bits per heavy atom. The van der Waals surface area contributed by atoms with Crippen LogP contribution in [0.2, 0.25) is 0 Å². The molecule has 0 radical (unpaired) electrons. The third-order valence-electron chi connectivity index (χ3n) is 10.2. The molecule has 2 amide bonds. The molecule has 0 aromatic heterocycles. The maximum Gasteiger partial charge on any atom is 0.519 e. The van der Waals surface area contributed by atoms with Gasteiger partial charge in [0, 0.05) is 36.3 Å². The van der Waals surface area contributed by atoms with Crippen LogP contribution in [-0.4, -0.2) is 138 Å². The van der Waals surface area contributed by atoms with E-state index >= 15 is 0 Å². The summed E-state index contributed by atoms with van der Waals surface area (Å²) in [6.07, 6.45) is -3.32. The highest BCUT2D eigenvalue weighted by Gasteiger charge is 2.27. The van der Waals surface area contributed by atoms with Gasteiger partial charge in [0.2, 0.25) is 0 Å². The number of methoxy groups -OCH3 is 2. The number of carbonyl (C=O) groups is 6. The number of phenolic OH excluding ortho intramolecular Hbond substituents is 1. The van der Waals surface area contributed by atoms with Crippen LogP contribution in [0, 0.1) is 29.1 Å². The largest absolute Gasteiger partial charge is 0.519 e. The number of benzene rings is 5. The Kier molecular flexibility index (Phi) is 37.9. The van der Waals surface area contributed by atoms with Gasteiger partial charge in [0.05, 0.1) is 58.2 Å². The average Bonchev–Trinajstić information content (AvgIpc) is 3.50. The smallest absolute Gasteiger partial charge is 0.505 e. The molecule has 20 nitrogen and oxygen atoms in total. The molecule has 0 spiro atoms. The fraction of sp³-hybridized carbons (Fsp3) is 0.446. The first-order chi connectivity index (χ1) is 40.9. The Morgan fingerprint density at radius 3 is 1.21 bits per heavy atom. The number of hydrogen-bond donors (Lipinski definition) is 4. The van der Waals surface area contributed by atoms with Gasteiger partial charge in [0.1, 0.15) is 46.5 Å². The van der Waals surface area contributed by atoms with Crippen LogP contribution in [0.5, 0.6) is 11.5 Å². The highest BCUT2D eigenvalue weighted by atomic mass is 19.1. The van der Waals surface area contributed by atoms with Crippen LogP contribution in [0.25, 0.3) is 0 Å². The number of rotatable bonds is 16. The minimum atomic E-state index is -1.06. The highest BCUT2D eigenvalue weighted by molar-refractivity contribution is 5.90. The fourth-order valence-electron chi connectivity index (χ4n) is 6.34. The molecule has 0 aliphatic carbocycles.